The monoisotopic (exact) mass is 310 g/mol. The summed E-state index contributed by atoms with van der Waals surface area (Å²) in [5.74, 6) is 0.302. The Morgan fingerprint density at radius 2 is 2.11 bits per heavy atom. The van der Waals surface area contributed by atoms with E-state index in [4.69, 9.17) is 0 Å². The summed E-state index contributed by atoms with van der Waals surface area (Å²) in [6.07, 6.45) is 1.48. The summed E-state index contributed by atoms with van der Waals surface area (Å²) in [7, 11) is 0. The van der Waals surface area contributed by atoms with Crippen LogP contribution >= 0.6 is 15.9 Å². The summed E-state index contributed by atoms with van der Waals surface area (Å²) in [5.41, 5.74) is 1.56. The molecule has 0 spiro atoms. The van der Waals surface area contributed by atoms with Crippen molar-refractivity contribution >= 4 is 15.9 Å². The van der Waals surface area contributed by atoms with Crippen molar-refractivity contribution in [2.24, 2.45) is 0 Å². The lowest BCUT2D eigenvalue weighted by Gasteiger charge is -2.11. The predicted octanol–water partition coefficient (Wildman–Crippen LogP) is 2.81. The third-order valence-electron chi connectivity index (χ3n) is 2.84. The van der Waals surface area contributed by atoms with Crippen LogP contribution in [0.5, 0.6) is 0 Å². The fourth-order valence-corrected chi connectivity index (χ4v) is 2.03. The van der Waals surface area contributed by atoms with Crippen LogP contribution in [-0.4, -0.2) is 9.55 Å². The highest BCUT2D eigenvalue weighted by molar-refractivity contribution is 9.10. The third-order valence-corrected chi connectivity index (χ3v) is 3.39. The summed E-state index contributed by atoms with van der Waals surface area (Å²) in [4.78, 5) is 16.1. The molecule has 0 amide bonds. The zero-order chi connectivity index (χ0) is 13.3. The van der Waals surface area contributed by atoms with Gasteiger partial charge >= 0.3 is 0 Å². The highest BCUT2D eigenvalue weighted by Crippen LogP contribution is 2.12. The van der Waals surface area contributed by atoms with E-state index >= 15 is 0 Å². The molecule has 0 saturated heterocycles. The standard InChI is InChI=1S/C13H12BrFN2O/c1-8-3-4-11(15)5-10(8)7-17-9(2)16-6-12(14)13(17)18/h3-6H,7H2,1-2H3. The highest BCUT2D eigenvalue weighted by atomic mass is 79.9. The summed E-state index contributed by atoms with van der Waals surface area (Å²) in [5, 5.41) is 0. The van der Waals surface area contributed by atoms with Gasteiger partial charge in [0.25, 0.3) is 5.56 Å². The number of aromatic nitrogens is 2. The molecule has 18 heavy (non-hydrogen) atoms. The molecular weight excluding hydrogens is 299 g/mol. The van der Waals surface area contributed by atoms with Crippen molar-refractivity contribution in [1.29, 1.82) is 0 Å². The number of hydrogen-bond acceptors (Lipinski definition) is 2. The first-order chi connectivity index (χ1) is 8.49. The van der Waals surface area contributed by atoms with E-state index in [1.54, 1.807) is 13.0 Å². The van der Waals surface area contributed by atoms with Crippen molar-refractivity contribution in [1.82, 2.24) is 9.55 Å². The Morgan fingerprint density at radius 3 is 2.83 bits per heavy atom. The summed E-state index contributed by atoms with van der Waals surface area (Å²) in [6, 6.07) is 4.56. The van der Waals surface area contributed by atoms with Crippen LogP contribution in [0.3, 0.4) is 0 Å². The molecule has 0 bridgehead atoms. The molecule has 0 N–H and O–H groups in total. The van der Waals surface area contributed by atoms with E-state index in [1.807, 2.05) is 6.92 Å². The van der Waals surface area contributed by atoms with Gasteiger partial charge in [-0.2, -0.15) is 0 Å². The maximum atomic E-state index is 13.2. The maximum absolute atomic E-state index is 13.2. The Hall–Kier alpha value is -1.49. The van der Waals surface area contributed by atoms with Crippen molar-refractivity contribution in [2.45, 2.75) is 20.4 Å². The van der Waals surface area contributed by atoms with Gasteiger partial charge in [-0.05, 0) is 53.0 Å². The molecule has 0 aliphatic carbocycles. The average molecular weight is 311 g/mol. The lowest BCUT2D eigenvalue weighted by Crippen LogP contribution is -2.24. The fraction of sp³-hybridized carbons (Fsp3) is 0.231. The van der Waals surface area contributed by atoms with Crippen molar-refractivity contribution in [3.05, 3.63) is 62.0 Å². The largest absolute Gasteiger partial charge is 0.291 e. The first kappa shape index (κ1) is 13.0. The molecule has 1 aromatic carbocycles. The van der Waals surface area contributed by atoms with Gasteiger partial charge in [0.05, 0.1) is 6.54 Å². The van der Waals surface area contributed by atoms with Crippen LogP contribution in [0.25, 0.3) is 0 Å². The zero-order valence-corrected chi connectivity index (χ0v) is 11.7. The van der Waals surface area contributed by atoms with Crippen LogP contribution in [0.4, 0.5) is 4.39 Å². The predicted molar refractivity (Wildman–Crippen MR) is 71.2 cm³/mol. The van der Waals surface area contributed by atoms with E-state index in [2.05, 4.69) is 20.9 Å². The molecule has 0 aliphatic heterocycles. The third kappa shape index (κ3) is 2.51. The van der Waals surface area contributed by atoms with E-state index in [1.165, 1.54) is 22.9 Å². The molecule has 0 fully saturated rings. The molecule has 0 saturated carbocycles. The number of halogens is 2. The highest BCUT2D eigenvalue weighted by Gasteiger charge is 2.08. The minimum Gasteiger partial charge on any atom is -0.291 e. The zero-order valence-electron chi connectivity index (χ0n) is 10.1. The molecule has 5 heteroatoms. The van der Waals surface area contributed by atoms with Gasteiger partial charge in [0, 0.05) is 6.20 Å². The van der Waals surface area contributed by atoms with Crippen molar-refractivity contribution in [3.8, 4) is 0 Å². The Morgan fingerprint density at radius 1 is 1.39 bits per heavy atom. The fourth-order valence-electron chi connectivity index (χ4n) is 1.72. The second kappa shape index (κ2) is 5.02. The van der Waals surface area contributed by atoms with Crippen LogP contribution in [-0.2, 0) is 6.54 Å². The van der Waals surface area contributed by atoms with Crippen LogP contribution < -0.4 is 5.56 Å². The maximum Gasteiger partial charge on any atom is 0.268 e. The SMILES string of the molecule is Cc1ccc(F)cc1Cn1c(C)ncc(Br)c1=O. The number of nitrogens with zero attached hydrogens (tertiary/aromatic N) is 2. The van der Waals surface area contributed by atoms with Gasteiger partial charge in [-0.3, -0.25) is 9.36 Å². The minimum absolute atomic E-state index is 0.161. The molecular formula is C13H12BrFN2O. The van der Waals surface area contributed by atoms with Gasteiger partial charge in [-0.25, -0.2) is 9.37 Å². The normalized spacial score (nSPS) is 10.7. The summed E-state index contributed by atoms with van der Waals surface area (Å²) >= 11 is 3.16. The van der Waals surface area contributed by atoms with Crippen molar-refractivity contribution in [3.63, 3.8) is 0 Å². The molecule has 0 aliphatic rings. The van der Waals surface area contributed by atoms with Gasteiger partial charge in [0.1, 0.15) is 16.1 Å². The number of aryl methyl sites for hydroxylation is 2. The molecule has 2 aromatic rings. The lowest BCUT2D eigenvalue weighted by molar-refractivity contribution is 0.619. The van der Waals surface area contributed by atoms with Crippen LogP contribution in [0.2, 0.25) is 0 Å². The van der Waals surface area contributed by atoms with Gasteiger partial charge < -0.3 is 0 Å². The van der Waals surface area contributed by atoms with Crippen molar-refractivity contribution < 1.29 is 4.39 Å². The summed E-state index contributed by atoms with van der Waals surface area (Å²) < 4.78 is 15.1. The van der Waals surface area contributed by atoms with Crippen LogP contribution in [0, 0.1) is 19.7 Å². The first-order valence-corrected chi connectivity index (χ1v) is 6.25. The van der Waals surface area contributed by atoms with E-state index in [9.17, 15) is 9.18 Å². The molecule has 0 radical (unpaired) electrons. The second-order valence-electron chi connectivity index (χ2n) is 4.12. The van der Waals surface area contributed by atoms with Crippen LogP contribution in [0.1, 0.15) is 17.0 Å². The van der Waals surface area contributed by atoms with E-state index in [0.29, 0.717) is 16.8 Å². The van der Waals surface area contributed by atoms with Gasteiger partial charge in [-0.15, -0.1) is 0 Å². The smallest absolute Gasteiger partial charge is 0.268 e. The Labute approximate surface area is 112 Å². The first-order valence-electron chi connectivity index (χ1n) is 5.46. The molecule has 3 nitrogen and oxygen atoms in total. The molecule has 0 atom stereocenters. The molecule has 0 unspecified atom stereocenters. The number of rotatable bonds is 2. The van der Waals surface area contributed by atoms with E-state index in [0.717, 1.165) is 11.1 Å². The van der Waals surface area contributed by atoms with Gasteiger partial charge in [-0.1, -0.05) is 6.07 Å². The van der Waals surface area contributed by atoms with Gasteiger partial charge in [0.2, 0.25) is 0 Å². The topological polar surface area (TPSA) is 34.9 Å². The van der Waals surface area contributed by atoms with E-state index in [-0.39, 0.29) is 11.4 Å². The molecule has 1 heterocycles. The Bertz CT molecular complexity index is 652. The Balaban J connectivity index is 2.49. The second-order valence-corrected chi connectivity index (χ2v) is 4.97. The average Bonchev–Trinajstić information content (AvgIpc) is 2.34. The molecule has 1 aromatic heterocycles. The quantitative estimate of drug-likeness (QED) is 0.855. The minimum atomic E-state index is -0.302. The Kier molecular flexibility index (Phi) is 3.61. The van der Waals surface area contributed by atoms with Crippen molar-refractivity contribution in [2.75, 3.05) is 0 Å². The lowest BCUT2D eigenvalue weighted by atomic mass is 10.1. The van der Waals surface area contributed by atoms with E-state index < -0.39 is 0 Å². The molecule has 94 valence electrons. The molecule has 2 rings (SSSR count). The van der Waals surface area contributed by atoms with Gasteiger partial charge in [0.15, 0.2) is 0 Å². The number of hydrogen-bond donors (Lipinski definition) is 0. The summed E-state index contributed by atoms with van der Waals surface area (Å²) in [6.45, 7) is 3.96. The number of benzene rings is 1. The van der Waals surface area contributed by atoms with Crippen LogP contribution in [0.15, 0.2) is 33.7 Å².